The van der Waals surface area contributed by atoms with Crippen molar-refractivity contribution in [1.29, 1.82) is 0 Å². The van der Waals surface area contributed by atoms with Gasteiger partial charge in [0.1, 0.15) is 0 Å². The highest BCUT2D eigenvalue weighted by Gasteiger charge is 2.21. The summed E-state index contributed by atoms with van der Waals surface area (Å²) in [7, 11) is -0.394. The molecule has 0 unspecified atom stereocenters. The summed E-state index contributed by atoms with van der Waals surface area (Å²) < 4.78 is 30.7. The highest BCUT2D eigenvalue weighted by Crippen LogP contribution is 2.22. The van der Waals surface area contributed by atoms with Crippen LogP contribution in [0.2, 0.25) is 5.02 Å². The number of nitrogens with two attached hydrogens (primary N) is 1. The third-order valence-electron chi connectivity index (χ3n) is 2.77. The molecule has 0 heterocycles. The molecule has 0 spiro atoms. The predicted octanol–water partition coefficient (Wildman–Crippen LogP) is 1.46. The molecule has 0 aliphatic carbocycles. The van der Waals surface area contributed by atoms with E-state index in [4.69, 9.17) is 22.1 Å². The molecule has 0 bridgehead atoms. The maximum atomic E-state index is 12.3. The molecule has 0 aromatic heterocycles. The molecule has 7 heteroatoms. The van der Waals surface area contributed by atoms with Gasteiger partial charge in [-0.3, -0.25) is 0 Å². The van der Waals surface area contributed by atoms with Gasteiger partial charge in [0.05, 0.1) is 4.90 Å². The number of rotatable bonds is 7. The molecule has 0 aliphatic heterocycles. The molecule has 1 aromatic rings. The van der Waals surface area contributed by atoms with Crippen LogP contribution in [0, 0.1) is 0 Å². The standard InChI is InChI=1S/C12H19ClN2O3S/c1-15(6-3-7-18-2)19(16,17)11-5-4-10(9-14)12(13)8-11/h4-5,8H,3,6-7,9,14H2,1-2H3. The summed E-state index contributed by atoms with van der Waals surface area (Å²) in [5, 5.41) is 0.369. The maximum absolute atomic E-state index is 12.3. The van der Waals surface area contributed by atoms with Gasteiger partial charge in [-0.25, -0.2) is 12.7 Å². The second-order valence-corrected chi connectivity index (χ2v) is 6.58. The zero-order valence-electron chi connectivity index (χ0n) is 11.1. The summed E-state index contributed by atoms with van der Waals surface area (Å²) in [5.41, 5.74) is 6.22. The predicted molar refractivity (Wildman–Crippen MR) is 75.7 cm³/mol. The van der Waals surface area contributed by atoms with Crippen LogP contribution in [0.3, 0.4) is 0 Å². The van der Waals surface area contributed by atoms with Gasteiger partial charge in [-0.2, -0.15) is 0 Å². The van der Waals surface area contributed by atoms with E-state index >= 15 is 0 Å². The van der Waals surface area contributed by atoms with Gasteiger partial charge in [0, 0.05) is 38.9 Å². The Kier molecular flexibility index (Phi) is 6.22. The first kappa shape index (κ1) is 16.4. The molecule has 0 saturated heterocycles. The van der Waals surface area contributed by atoms with E-state index in [2.05, 4.69) is 0 Å². The van der Waals surface area contributed by atoms with Crippen LogP contribution in [-0.2, 0) is 21.3 Å². The Bertz CT molecular complexity index is 520. The van der Waals surface area contributed by atoms with Crippen LogP contribution < -0.4 is 5.73 Å². The third-order valence-corrected chi connectivity index (χ3v) is 4.98. The van der Waals surface area contributed by atoms with E-state index in [1.54, 1.807) is 13.2 Å². The van der Waals surface area contributed by atoms with Gasteiger partial charge in [0.25, 0.3) is 0 Å². The fourth-order valence-corrected chi connectivity index (χ4v) is 3.14. The Morgan fingerprint density at radius 2 is 2.11 bits per heavy atom. The summed E-state index contributed by atoms with van der Waals surface area (Å²) in [6.07, 6.45) is 0.640. The number of hydrogen-bond acceptors (Lipinski definition) is 4. The van der Waals surface area contributed by atoms with Crippen LogP contribution in [0.4, 0.5) is 0 Å². The second kappa shape index (κ2) is 7.21. The number of halogens is 1. The number of sulfonamides is 1. The monoisotopic (exact) mass is 306 g/mol. The Labute approximate surface area is 119 Å². The SMILES string of the molecule is COCCCN(C)S(=O)(=O)c1ccc(CN)c(Cl)c1. The van der Waals surface area contributed by atoms with E-state index in [1.807, 2.05) is 0 Å². The summed E-state index contributed by atoms with van der Waals surface area (Å²) in [6, 6.07) is 4.60. The van der Waals surface area contributed by atoms with Crippen molar-refractivity contribution in [3.05, 3.63) is 28.8 Å². The Morgan fingerprint density at radius 3 is 2.63 bits per heavy atom. The van der Waals surface area contributed by atoms with Crippen LogP contribution in [0.25, 0.3) is 0 Å². The van der Waals surface area contributed by atoms with Crippen molar-refractivity contribution in [2.24, 2.45) is 5.73 Å². The van der Waals surface area contributed by atoms with E-state index in [1.165, 1.54) is 23.5 Å². The molecule has 5 nitrogen and oxygen atoms in total. The van der Waals surface area contributed by atoms with Gasteiger partial charge in [-0.15, -0.1) is 0 Å². The number of nitrogens with zero attached hydrogens (tertiary/aromatic N) is 1. The first-order valence-corrected chi connectivity index (χ1v) is 7.69. The van der Waals surface area contributed by atoms with Crippen LogP contribution in [-0.4, -0.2) is 40.0 Å². The zero-order chi connectivity index (χ0) is 14.5. The quantitative estimate of drug-likeness (QED) is 0.774. The fourth-order valence-electron chi connectivity index (χ4n) is 1.59. The van der Waals surface area contributed by atoms with Crippen molar-refractivity contribution < 1.29 is 13.2 Å². The van der Waals surface area contributed by atoms with E-state index in [0.29, 0.717) is 24.6 Å². The fraction of sp³-hybridized carbons (Fsp3) is 0.500. The molecule has 19 heavy (non-hydrogen) atoms. The maximum Gasteiger partial charge on any atom is 0.242 e. The van der Waals surface area contributed by atoms with Gasteiger partial charge in [-0.05, 0) is 24.1 Å². The summed E-state index contributed by atoms with van der Waals surface area (Å²) in [6.45, 7) is 1.20. The van der Waals surface area contributed by atoms with Gasteiger partial charge in [-0.1, -0.05) is 17.7 Å². The summed E-state index contributed by atoms with van der Waals surface area (Å²) in [4.78, 5) is 0.176. The topological polar surface area (TPSA) is 72.6 Å². The number of ether oxygens (including phenoxy) is 1. The first-order valence-electron chi connectivity index (χ1n) is 5.87. The third kappa shape index (κ3) is 4.15. The van der Waals surface area contributed by atoms with E-state index in [0.717, 1.165) is 5.56 Å². The number of methoxy groups -OCH3 is 1. The minimum absolute atomic E-state index is 0.176. The van der Waals surface area contributed by atoms with Gasteiger partial charge < -0.3 is 10.5 Å². The van der Waals surface area contributed by atoms with Crippen LogP contribution in [0.15, 0.2) is 23.1 Å². The lowest BCUT2D eigenvalue weighted by Crippen LogP contribution is -2.28. The molecular weight excluding hydrogens is 288 g/mol. The molecule has 0 atom stereocenters. The van der Waals surface area contributed by atoms with Crippen molar-refractivity contribution in [2.45, 2.75) is 17.9 Å². The molecule has 0 fully saturated rings. The molecule has 0 saturated carbocycles. The first-order chi connectivity index (χ1) is 8.93. The number of hydrogen-bond donors (Lipinski definition) is 1. The minimum atomic E-state index is -3.51. The van der Waals surface area contributed by atoms with Crippen molar-refractivity contribution >= 4 is 21.6 Å². The van der Waals surface area contributed by atoms with Crippen molar-refractivity contribution in [3.63, 3.8) is 0 Å². The summed E-state index contributed by atoms with van der Waals surface area (Å²) >= 11 is 5.98. The van der Waals surface area contributed by atoms with E-state index in [-0.39, 0.29) is 11.4 Å². The highest BCUT2D eigenvalue weighted by molar-refractivity contribution is 7.89. The normalized spacial score (nSPS) is 12.1. The molecule has 108 valence electrons. The lowest BCUT2D eigenvalue weighted by Gasteiger charge is -2.17. The largest absolute Gasteiger partial charge is 0.385 e. The van der Waals surface area contributed by atoms with Gasteiger partial charge in [0.15, 0.2) is 0 Å². The van der Waals surface area contributed by atoms with Crippen LogP contribution in [0.1, 0.15) is 12.0 Å². The average molecular weight is 307 g/mol. The minimum Gasteiger partial charge on any atom is -0.385 e. The van der Waals surface area contributed by atoms with Crippen molar-refractivity contribution in [1.82, 2.24) is 4.31 Å². The lowest BCUT2D eigenvalue weighted by atomic mass is 10.2. The lowest BCUT2D eigenvalue weighted by molar-refractivity contribution is 0.189. The van der Waals surface area contributed by atoms with E-state index in [9.17, 15) is 8.42 Å². The zero-order valence-corrected chi connectivity index (χ0v) is 12.7. The van der Waals surface area contributed by atoms with Crippen molar-refractivity contribution in [3.8, 4) is 0 Å². The summed E-state index contributed by atoms with van der Waals surface area (Å²) in [5.74, 6) is 0. The molecular formula is C12H19ClN2O3S. The Balaban J connectivity index is 2.90. The van der Waals surface area contributed by atoms with Gasteiger partial charge in [0.2, 0.25) is 10.0 Å². The molecule has 0 radical (unpaired) electrons. The van der Waals surface area contributed by atoms with Gasteiger partial charge >= 0.3 is 0 Å². The molecule has 0 amide bonds. The molecule has 0 aliphatic rings. The smallest absolute Gasteiger partial charge is 0.242 e. The molecule has 1 aromatic carbocycles. The molecule has 1 rings (SSSR count). The molecule has 2 N–H and O–H groups in total. The average Bonchev–Trinajstić information content (AvgIpc) is 2.38. The van der Waals surface area contributed by atoms with Crippen molar-refractivity contribution in [2.75, 3.05) is 27.3 Å². The number of benzene rings is 1. The highest BCUT2D eigenvalue weighted by atomic mass is 35.5. The van der Waals surface area contributed by atoms with E-state index < -0.39 is 10.0 Å². The Morgan fingerprint density at radius 1 is 1.42 bits per heavy atom. The second-order valence-electron chi connectivity index (χ2n) is 4.13. The van der Waals surface area contributed by atoms with Crippen LogP contribution >= 0.6 is 11.6 Å². The van der Waals surface area contributed by atoms with Crippen LogP contribution in [0.5, 0.6) is 0 Å². The Hall–Kier alpha value is -0.660.